The van der Waals surface area contributed by atoms with E-state index in [9.17, 15) is 33.1 Å². The summed E-state index contributed by atoms with van der Waals surface area (Å²) in [5.41, 5.74) is 0. The number of hydrogen-bond acceptors (Lipinski definition) is 8. The van der Waals surface area contributed by atoms with E-state index in [2.05, 4.69) is 4.74 Å². The van der Waals surface area contributed by atoms with Crippen molar-refractivity contribution in [3.63, 3.8) is 0 Å². The number of ether oxygens (including phenoxy) is 3. The van der Waals surface area contributed by atoms with Crippen LogP contribution in [-0.4, -0.2) is 48.1 Å². The zero-order valence-corrected chi connectivity index (χ0v) is 13.3. The molecule has 10 heteroatoms. The minimum atomic E-state index is -4.37. The van der Waals surface area contributed by atoms with Gasteiger partial charge in [0.05, 0.1) is 11.8 Å². The van der Waals surface area contributed by atoms with E-state index < -0.39 is 65.9 Å². The summed E-state index contributed by atoms with van der Waals surface area (Å²) in [5.74, 6) is -12.4. The number of aliphatic carboxylic acids is 1. The second kappa shape index (κ2) is 5.63. The number of halogens is 2. The molecule has 2 bridgehead atoms. The van der Waals surface area contributed by atoms with Crippen molar-refractivity contribution in [2.75, 3.05) is 0 Å². The van der Waals surface area contributed by atoms with Crippen molar-refractivity contribution in [3.8, 4) is 0 Å². The quantitative estimate of drug-likeness (QED) is 0.454. The van der Waals surface area contributed by atoms with Gasteiger partial charge in [-0.25, -0.2) is 0 Å². The van der Waals surface area contributed by atoms with Crippen LogP contribution in [0.1, 0.15) is 20.3 Å². The van der Waals surface area contributed by atoms with Crippen molar-refractivity contribution in [1.29, 1.82) is 0 Å². The van der Waals surface area contributed by atoms with Gasteiger partial charge in [0.15, 0.2) is 6.10 Å². The van der Waals surface area contributed by atoms with E-state index in [1.54, 1.807) is 0 Å². The van der Waals surface area contributed by atoms with Crippen LogP contribution in [-0.2, 0) is 33.4 Å². The molecule has 0 aromatic rings. The average Bonchev–Trinajstić information content (AvgIpc) is 3.09. The fourth-order valence-electron chi connectivity index (χ4n) is 4.15. The third-order valence-electron chi connectivity index (χ3n) is 5.20. The lowest BCUT2D eigenvalue weighted by molar-refractivity contribution is -0.335. The Morgan fingerprint density at radius 2 is 1.96 bits per heavy atom. The highest BCUT2D eigenvalue weighted by atomic mass is 19.3. The maximum absolute atomic E-state index is 13.4. The maximum Gasteiger partial charge on any atom is 0.322 e. The predicted molar refractivity (Wildman–Crippen MR) is 69.5 cm³/mol. The lowest BCUT2D eigenvalue weighted by Crippen LogP contribution is -2.51. The summed E-state index contributed by atoms with van der Waals surface area (Å²) in [4.78, 5) is 46.1. The lowest BCUT2D eigenvalue weighted by atomic mass is 9.78. The van der Waals surface area contributed by atoms with Gasteiger partial charge in [-0.3, -0.25) is 14.4 Å². The minimum Gasteiger partial charge on any atom is -0.544 e. The van der Waals surface area contributed by atoms with Crippen molar-refractivity contribution in [1.82, 2.24) is 0 Å². The molecule has 1 saturated heterocycles. The van der Waals surface area contributed by atoms with E-state index in [1.165, 1.54) is 0 Å². The van der Waals surface area contributed by atoms with E-state index in [4.69, 9.17) is 9.47 Å². The van der Waals surface area contributed by atoms with Crippen LogP contribution in [0, 0.1) is 23.7 Å². The normalized spacial score (nSPS) is 36.7. The molecule has 138 valence electrons. The molecular formula is C15H15F2O8-. The molecule has 2 saturated carbocycles. The summed E-state index contributed by atoms with van der Waals surface area (Å²) < 4.78 is 41.7. The highest BCUT2D eigenvalue weighted by Gasteiger charge is 2.70. The Morgan fingerprint density at radius 3 is 2.52 bits per heavy atom. The van der Waals surface area contributed by atoms with Crippen LogP contribution >= 0.6 is 0 Å². The fourth-order valence-corrected chi connectivity index (χ4v) is 4.15. The number of carbonyl (C=O) groups is 4. The second-order valence-corrected chi connectivity index (χ2v) is 6.58. The van der Waals surface area contributed by atoms with E-state index in [0.717, 1.165) is 13.8 Å². The molecule has 1 aliphatic heterocycles. The molecule has 8 nitrogen and oxygen atoms in total. The maximum atomic E-state index is 13.4. The summed E-state index contributed by atoms with van der Waals surface area (Å²) >= 11 is 0. The first kappa shape index (κ1) is 17.6. The van der Waals surface area contributed by atoms with Gasteiger partial charge in [-0.15, -0.1) is 0 Å². The van der Waals surface area contributed by atoms with Crippen molar-refractivity contribution in [2.24, 2.45) is 23.7 Å². The second-order valence-electron chi connectivity index (χ2n) is 6.58. The van der Waals surface area contributed by atoms with Crippen molar-refractivity contribution < 1.29 is 47.3 Å². The number of hydrogen-bond donors (Lipinski definition) is 0. The molecule has 0 amide bonds. The number of rotatable bonds is 5. The Kier molecular flexibility index (Phi) is 3.96. The molecule has 7 atom stereocenters. The Bertz CT molecular complexity index is 647. The van der Waals surface area contributed by atoms with Crippen molar-refractivity contribution >= 4 is 23.9 Å². The molecule has 25 heavy (non-hydrogen) atoms. The Hall–Kier alpha value is -2.26. The number of esters is 3. The van der Waals surface area contributed by atoms with Gasteiger partial charge in [0.25, 0.3) is 0 Å². The predicted octanol–water partition coefficient (Wildman–Crippen LogP) is -0.957. The van der Waals surface area contributed by atoms with Crippen LogP contribution in [0.5, 0.6) is 0 Å². The van der Waals surface area contributed by atoms with Gasteiger partial charge in [-0.2, -0.15) is 8.78 Å². The van der Waals surface area contributed by atoms with Crippen molar-refractivity contribution in [2.45, 2.75) is 44.5 Å². The van der Waals surface area contributed by atoms with Crippen LogP contribution < -0.4 is 5.11 Å². The van der Waals surface area contributed by atoms with Gasteiger partial charge < -0.3 is 24.1 Å². The number of carboxylic acids is 1. The summed E-state index contributed by atoms with van der Waals surface area (Å²) in [6.07, 6.45) is -3.42. The van der Waals surface area contributed by atoms with Crippen LogP contribution in [0.25, 0.3) is 0 Å². The summed E-state index contributed by atoms with van der Waals surface area (Å²) in [6.45, 7) is 1.89. The number of fused-ring (bicyclic) bond motifs is 1. The topological polar surface area (TPSA) is 119 Å². The van der Waals surface area contributed by atoms with E-state index in [1.807, 2.05) is 0 Å². The van der Waals surface area contributed by atoms with E-state index in [-0.39, 0.29) is 5.92 Å². The fraction of sp³-hybridized carbons (Fsp3) is 0.733. The first-order valence-electron chi connectivity index (χ1n) is 7.73. The monoisotopic (exact) mass is 361 g/mol. The molecule has 1 heterocycles. The third-order valence-corrected chi connectivity index (χ3v) is 5.20. The van der Waals surface area contributed by atoms with Gasteiger partial charge in [0.2, 0.25) is 0 Å². The highest BCUT2D eigenvalue weighted by Crippen LogP contribution is 2.59. The zero-order chi connectivity index (χ0) is 18.7. The molecule has 0 N–H and O–H groups in total. The van der Waals surface area contributed by atoms with Gasteiger partial charge >= 0.3 is 23.8 Å². The summed E-state index contributed by atoms with van der Waals surface area (Å²) in [7, 11) is 0. The standard InChI is InChI=1S/C15H16F2O8/c1-4(15(16,17)14(21)22)23-12(19)8-6-3-7-9(8)13(20)25-11(7)10(6)24-5(2)18/h4,6-11H,3H2,1-2H3,(H,21,22)/p-1. The molecule has 7 unspecified atom stereocenters. The third kappa shape index (κ3) is 2.54. The van der Waals surface area contributed by atoms with Crippen LogP contribution in [0.15, 0.2) is 0 Å². The smallest absolute Gasteiger partial charge is 0.322 e. The molecule has 3 aliphatic rings. The number of carboxylic acid groups (broad SMARTS) is 1. The summed E-state index contributed by atoms with van der Waals surface area (Å²) in [6, 6.07) is 0. The molecule has 3 rings (SSSR count). The van der Waals surface area contributed by atoms with E-state index in [0.29, 0.717) is 6.42 Å². The van der Waals surface area contributed by atoms with Crippen LogP contribution in [0.2, 0.25) is 0 Å². The zero-order valence-electron chi connectivity index (χ0n) is 13.3. The van der Waals surface area contributed by atoms with E-state index >= 15 is 0 Å². The van der Waals surface area contributed by atoms with Crippen LogP contribution in [0.4, 0.5) is 8.78 Å². The Morgan fingerprint density at radius 1 is 1.32 bits per heavy atom. The molecule has 3 fully saturated rings. The summed E-state index contributed by atoms with van der Waals surface area (Å²) in [5, 5.41) is 10.5. The molecular weight excluding hydrogens is 346 g/mol. The molecule has 0 aromatic heterocycles. The highest BCUT2D eigenvalue weighted by molar-refractivity contribution is 5.86. The molecule has 2 aliphatic carbocycles. The molecule has 0 spiro atoms. The SMILES string of the molecule is CC(=O)OC1C2CC3C1OC(=O)C3C2C(=O)OC(C)C(F)(F)C(=O)[O-]. The largest absolute Gasteiger partial charge is 0.544 e. The first-order valence-corrected chi connectivity index (χ1v) is 7.73. The van der Waals surface area contributed by atoms with Gasteiger partial charge in [0.1, 0.15) is 18.2 Å². The molecule has 0 aromatic carbocycles. The first-order chi connectivity index (χ1) is 11.6. The minimum absolute atomic E-state index is 0.351. The van der Waals surface area contributed by atoms with Crippen molar-refractivity contribution in [3.05, 3.63) is 0 Å². The number of carbonyl (C=O) groups excluding carboxylic acids is 4. The van der Waals surface area contributed by atoms with Gasteiger partial charge in [-0.05, 0) is 13.3 Å². The van der Waals surface area contributed by atoms with Gasteiger partial charge in [0, 0.05) is 18.8 Å². The molecule has 0 radical (unpaired) electrons. The Labute approximate surface area is 140 Å². The average molecular weight is 361 g/mol. The van der Waals surface area contributed by atoms with Crippen LogP contribution in [0.3, 0.4) is 0 Å². The Balaban J connectivity index is 1.80. The lowest BCUT2D eigenvalue weighted by Gasteiger charge is -2.31. The number of alkyl halides is 2. The van der Waals surface area contributed by atoms with Gasteiger partial charge in [-0.1, -0.05) is 0 Å².